The molecule has 90 valence electrons. The first kappa shape index (κ1) is 13.5. The molecule has 0 fully saturated rings. The molecule has 0 saturated carbocycles. The van der Waals surface area contributed by atoms with Crippen LogP contribution in [0.3, 0.4) is 0 Å². The molecule has 17 heavy (non-hydrogen) atoms. The predicted octanol–water partition coefficient (Wildman–Crippen LogP) is 5.55. The van der Waals surface area contributed by atoms with Crippen LogP contribution in [0.5, 0.6) is 0 Å². The second-order valence-corrected chi connectivity index (χ2v) is 7.66. The highest BCUT2D eigenvalue weighted by molar-refractivity contribution is 9.11. The van der Waals surface area contributed by atoms with Gasteiger partial charge in [0, 0.05) is 17.3 Å². The van der Waals surface area contributed by atoms with Crippen molar-refractivity contribution in [2.45, 2.75) is 18.2 Å². The molecule has 2 heterocycles. The molecule has 1 nitrogen and oxygen atoms in total. The van der Waals surface area contributed by atoms with E-state index in [-0.39, 0.29) is 4.83 Å². The van der Waals surface area contributed by atoms with Crippen molar-refractivity contribution in [1.29, 1.82) is 0 Å². The van der Waals surface area contributed by atoms with Gasteiger partial charge in [-0.3, -0.25) is 4.98 Å². The summed E-state index contributed by atoms with van der Waals surface area (Å²) in [5.74, 6) is 0. The fourth-order valence-electron chi connectivity index (χ4n) is 1.50. The molecular formula is C12H10Br2ClNS. The fraction of sp³-hybridized carbons (Fsp3) is 0.250. The van der Waals surface area contributed by atoms with E-state index in [4.69, 9.17) is 11.6 Å². The fourth-order valence-corrected chi connectivity index (χ4v) is 4.01. The molecule has 0 aliphatic rings. The van der Waals surface area contributed by atoms with E-state index in [1.807, 2.05) is 6.07 Å². The zero-order valence-electron chi connectivity index (χ0n) is 9.08. The molecule has 5 heteroatoms. The lowest BCUT2D eigenvalue weighted by Gasteiger charge is -2.08. The van der Waals surface area contributed by atoms with E-state index in [1.54, 1.807) is 23.7 Å². The summed E-state index contributed by atoms with van der Waals surface area (Å²) in [6, 6.07) is 4.16. The van der Waals surface area contributed by atoms with Gasteiger partial charge in [-0.05, 0) is 52.5 Å². The van der Waals surface area contributed by atoms with E-state index in [0.29, 0.717) is 0 Å². The summed E-state index contributed by atoms with van der Waals surface area (Å²) in [7, 11) is 0. The number of alkyl halides is 1. The SMILES string of the molecule is Cc1cc(C(Br)Cc2ccncc2Cl)sc1Br. The zero-order chi connectivity index (χ0) is 12.4. The number of aryl methyl sites for hydroxylation is 1. The van der Waals surface area contributed by atoms with Crippen LogP contribution in [-0.2, 0) is 6.42 Å². The van der Waals surface area contributed by atoms with Gasteiger partial charge >= 0.3 is 0 Å². The van der Waals surface area contributed by atoms with Crippen LogP contribution in [0.25, 0.3) is 0 Å². The van der Waals surface area contributed by atoms with Gasteiger partial charge in [0.1, 0.15) is 0 Å². The molecule has 1 unspecified atom stereocenters. The minimum atomic E-state index is 0.289. The Hall–Kier alpha value is 0.100. The van der Waals surface area contributed by atoms with E-state index < -0.39 is 0 Å². The number of hydrogen-bond acceptors (Lipinski definition) is 2. The lowest BCUT2D eigenvalue weighted by atomic mass is 10.1. The summed E-state index contributed by atoms with van der Waals surface area (Å²) in [6.07, 6.45) is 4.33. The highest BCUT2D eigenvalue weighted by atomic mass is 79.9. The number of aromatic nitrogens is 1. The number of thiophene rings is 1. The molecule has 0 aliphatic carbocycles. The van der Waals surface area contributed by atoms with Gasteiger partial charge in [-0.15, -0.1) is 11.3 Å². The summed E-state index contributed by atoms with van der Waals surface area (Å²) >= 11 is 15.1. The van der Waals surface area contributed by atoms with Crippen LogP contribution in [0.4, 0.5) is 0 Å². The Bertz CT molecular complexity index is 507. The third-order valence-corrected chi connectivity index (χ3v) is 6.15. The second-order valence-electron chi connectivity index (χ2n) is 3.74. The van der Waals surface area contributed by atoms with Crippen LogP contribution >= 0.6 is 54.8 Å². The summed E-state index contributed by atoms with van der Waals surface area (Å²) in [6.45, 7) is 2.10. The summed E-state index contributed by atoms with van der Waals surface area (Å²) in [5.41, 5.74) is 2.39. The molecule has 0 N–H and O–H groups in total. The Labute approximate surface area is 126 Å². The molecule has 1 atom stereocenters. The van der Waals surface area contributed by atoms with Crippen molar-refractivity contribution in [3.8, 4) is 0 Å². The lowest BCUT2D eigenvalue weighted by Crippen LogP contribution is -1.94. The van der Waals surface area contributed by atoms with Gasteiger partial charge in [0.15, 0.2) is 0 Å². The Morgan fingerprint density at radius 2 is 2.29 bits per heavy atom. The van der Waals surface area contributed by atoms with Crippen LogP contribution in [0.1, 0.15) is 20.8 Å². The molecule has 2 aromatic rings. The smallest absolute Gasteiger partial charge is 0.0730 e. The minimum Gasteiger partial charge on any atom is -0.263 e. The molecule has 0 saturated heterocycles. The maximum absolute atomic E-state index is 6.10. The van der Waals surface area contributed by atoms with E-state index >= 15 is 0 Å². The quantitative estimate of drug-likeness (QED) is 0.621. The molecular weight excluding hydrogens is 385 g/mol. The normalized spacial score (nSPS) is 12.7. The largest absolute Gasteiger partial charge is 0.263 e. The van der Waals surface area contributed by atoms with E-state index in [2.05, 4.69) is 49.8 Å². The summed E-state index contributed by atoms with van der Waals surface area (Å²) < 4.78 is 1.19. The van der Waals surface area contributed by atoms with Gasteiger partial charge in [-0.1, -0.05) is 27.5 Å². The minimum absolute atomic E-state index is 0.289. The van der Waals surface area contributed by atoms with Crippen molar-refractivity contribution in [3.63, 3.8) is 0 Å². The lowest BCUT2D eigenvalue weighted by molar-refractivity contribution is 0.963. The Kier molecular flexibility index (Phi) is 4.64. The van der Waals surface area contributed by atoms with Gasteiger partial charge in [0.2, 0.25) is 0 Å². The molecule has 2 rings (SSSR count). The van der Waals surface area contributed by atoms with E-state index in [0.717, 1.165) is 17.0 Å². The van der Waals surface area contributed by atoms with Crippen LogP contribution in [0, 0.1) is 6.92 Å². The second kappa shape index (κ2) is 5.83. The van der Waals surface area contributed by atoms with Gasteiger partial charge in [-0.2, -0.15) is 0 Å². The first-order valence-corrected chi connectivity index (χ1v) is 7.96. The third kappa shape index (κ3) is 3.31. The van der Waals surface area contributed by atoms with Gasteiger partial charge in [0.25, 0.3) is 0 Å². The van der Waals surface area contributed by atoms with Crippen molar-refractivity contribution >= 4 is 54.8 Å². The molecule has 0 amide bonds. The van der Waals surface area contributed by atoms with Crippen molar-refractivity contribution < 1.29 is 0 Å². The standard InChI is InChI=1S/C12H10Br2ClNS/c1-7-4-11(17-12(7)14)9(13)5-8-2-3-16-6-10(8)15/h2-4,6,9H,5H2,1H3. The summed E-state index contributed by atoms with van der Waals surface area (Å²) in [4.78, 5) is 5.59. The molecule has 0 spiro atoms. The van der Waals surface area contributed by atoms with E-state index in [9.17, 15) is 0 Å². The predicted molar refractivity (Wildman–Crippen MR) is 81.4 cm³/mol. The molecule has 0 aromatic carbocycles. The maximum Gasteiger partial charge on any atom is 0.0730 e. The van der Waals surface area contributed by atoms with Gasteiger partial charge < -0.3 is 0 Å². The first-order chi connectivity index (χ1) is 8.08. The van der Waals surface area contributed by atoms with Crippen LogP contribution < -0.4 is 0 Å². The van der Waals surface area contributed by atoms with Crippen LogP contribution in [0.2, 0.25) is 5.02 Å². The van der Waals surface area contributed by atoms with Gasteiger partial charge in [-0.25, -0.2) is 0 Å². The highest BCUT2D eigenvalue weighted by Gasteiger charge is 2.14. The monoisotopic (exact) mass is 393 g/mol. The number of halogens is 3. The highest BCUT2D eigenvalue weighted by Crippen LogP contribution is 2.37. The summed E-state index contributed by atoms with van der Waals surface area (Å²) in [5, 5.41) is 0.726. The van der Waals surface area contributed by atoms with Crippen molar-refractivity contribution in [1.82, 2.24) is 4.98 Å². The molecule has 2 aromatic heterocycles. The number of nitrogens with zero attached hydrogens (tertiary/aromatic N) is 1. The van der Waals surface area contributed by atoms with Crippen LogP contribution in [-0.4, -0.2) is 4.98 Å². The number of hydrogen-bond donors (Lipinski definition) is 0. The zero-order valence-corrected chi connectivity index (χ0v) is 13.8. The third-order valence-electron chi connectivity index (χ3n) is 2.44. The van der Waals surface area contributed by atoms with Crippen molar-refractivity contribution in [3.05, 3.63) is 49.3 Å². The van der Waals surface area contributed by atoms with Crippen molar-refractivity contribution in [2.75, 3.05) is 0 Å². The van der Waals surface area contributed by atoms with Gasteiger partial charge in [0.05, 0.1) is 13.6 Å². The number of pyridine rings is 1. The van der Waals surface area contributed by atoms with E-state index in [1.165, 1.54) is 14.2 Å². The number of rotatable bonds is 3. The topological polar surface area (TPSA) is 12.9 Å². The Morgan fingerprint density at radius 3 is 2.88 bits per heavy atom. The van der Waals surface area contributed by atoms with Crippen LogP contribution in [0.15, 0.2) is 28.3 Å². The maximum atomic E-state index is 6.10. The molecule has 0 radical (unpaired) electrons. The molecule has 0 bridgehead atoms. The van der Waals surface area contributed by atoms with Crippen molar-refractivity contribution in [2.24, 2.45) is 0 Å². The average Bonchev–Trinajstić information content (AvgIpc) is 2.63. The Morgan fingerprint density at radius 1 is 1.53 bits per heavy atom. The first-order valence-electron chi connectivity index (χ1n) is 5.06. The average molecular weight is 396 g/mol. The molecule has 0 aliphatic heterocycles. The Balaban J connectivity index is 2.17.